The van der Waals surface area contributed by atoms with Gasteiger partial charge in [0.1, 0.15) is 5.00 Å². The van der Waals surface area contributed by atoms with E-state index in [2.05, 4.69) is 5.32 Å². The molecule has 7 nitrogen and oxygen atoms in total. The van der Waals surface area contributed by atoms with Crippen molar-refractivity contribution >= 4 is 34.1 Å². The Morgan fingerprint density at radius 3 is 2.52 bits per heavy atom. The van der Waals surface area contributed by atoms with Gasteiger partial charge < -0.3 is 19.7 Å². The van der Waals surface area contributed by atoms with Crippen molar-refractivity contribution < 1.29 is 23.9 Å². The minimum atomic E-state index is -0.600. The van der Waals surface area contributed by atoms with Gasteiger partial charge in [-0.05, 0) is 19.4 Å². The molecule has 1 N–H and O–H groups in total. The Morgan fingerprint density at radius 2 is 1.91 bits per heavy atom. The molecule has 8 heteroatoms. The molecule has 126 valence electrons. The number of hydrogen-bond donors (Lipinski definition) is 1. The van der Waals surface area contributed by atoms with Crippen LogP contribution in [0.3, 0.4) is 0 Å². The van der Waals surface area contributed by atoms with E-state index in [1.165, 1.54) is 18.3 Å². The maximum Gasteiger partial charge on any atom is 0.341 e. The Bertz CT molecular complexity index is 620. The zero-order chi connectivity index (χ0) is 17.0. The van der Waals surface area contributed by atoms with Gasteiger partial charge in [-0.15, -0.1) is 11.3 Å². The van der Waals surface area contributed by atoms with Gasteiger partial charge in [0.05, 0.1) is 18.8 Å². The number of anilines is 1. The molecule has 1 aliphatic heterocycles. The second-order valence-corrected chi connectivity index (χ2v) is 6.46. The summed E-state index contributed by atoms with van der Waals surface area (Å²) in [6, 6.07) is 0. The van der Waals surface area contributed by atoms with Crippen molar-refractivity contribution in [3.05, 3.63) is 16.0 Å². The molecule has 0 atom stereocenters. The quantitative estimate of drug-likeness (QED) is 0.836. The molecule has 0 unspecified atom stereocenters. The van der Waals surface area contributed by atoms with Crippen LogP contribution in [-0.2, 0) is 19.1 Å². The van der Waals surface area contributed by atoms with Gasteiger partial charge in [0, 0.05) is 24.9 Å². The molecule has 2 rings (SSSR count). The number of thiophene rings is 1. The molecule has 2 amide bonds. The summed E-state index contributed by atoms with van der Waals surface area (Å²) in [7, 11) is 0. The fraction of sp³-hybridized carbons (Fsp3) is 0.533. The summed E-state index contributed by atoms with van der Waals surface area (Å²) in [5.74, 6) is -1.10. The van der Waals surface area contributed by atoms with E-state index >= 15 is 0 Å². The van der Waals surface area contributed by atoms with Crippen LogP contribution >= 0.6 is 11.3 Å². The number of hydrogen-bond acceptors (Lipinski definition) is 6. The molecule has 1 aliphatic rings. The summed E-state index contributed by atoms with van der Waals surface area (Å²) < 4.78 is 10.3. The van der Waals surface area contributed by atoms with Crippen molar-refractivity contribution in [1.82, 2.24) is 4.90 Å². The molecule has 1 aromatic rings. The Kier molecular flexibility index (Phi) is 5.73. The molecule has 0 spiro atoms. The van der Waals surface area contributed by atoms with Crippen LogP contribution in [0.15, 0.2) is 0 Å². The zero-order valence-electron chi connectivity index (χ0n) is 13.4. The third-order valence-corrected chi connectivity index (χ3v) is 4.69. The van der Waals surface area contributed by atoms with Crippen molar-refractivity contribution in [3.8, 4) is 0 Å². The third-order valence-electron chi connectivity index (χ3n) is 3.57. The van der Waals surface area contributed by atoms with Gasteiger partial charge in [0.15, 0.2) is 6.61 Å². The molecule has 0 bridgehead atoms. The molecule has 0 aromatic carbocycles. The van der Waals surface area contributed by atoms with Crippen molar-refractivity contribution in [1.29, 1.82) is 0 Å². The lowest BCUT2D eigenvalue weighted by Crippen LogP contribution is -2.42. The standard InChI is InChI=1S/C15H20N2O5S/c1-9-10(2)23-14(16-11(3)18)13(9)15(20)22-8-12(19)17-4-6-21-7-5-17/h4-8H2,1-3H3,(H,16,18). The van der Waals surface area contributed by atoms with Crippen LogP contribution in [0.5, 0.6) is 0 Å². The highest BCUT2D eigenvalue weighted by atomic mass is 32.1. The van der Waals surface area contributed by atoms with Crippen LogP contribution < -0.4 is 5.32 Å². The van der Waals surface area contributed by atoms with Crippen molar-refractivity contribution in [2.75, 3.05) is 38.2 Å². The summed E-state index contributed by atoms with van der Waals surface area (Å²) in [6.07, 6.45) is 0. The largest absolute Gasteiger partial charge is 0.452 e. The van der Waals surface area contributed by atoms with Crippen LogP contribution in [0.1, 0.15) is 27.7 Å². The maximum absolute atomic E-state index is 12.3. The molecule has 0 aliphatic carbocycles. The number of rotatable bonds is 4. The fourth-order valence-corrected chi connectivity index (χ4v) is 3.32. The first-order valence-electron chi connectivity index (χ1n) is 7.30. The van der Waals surface area contributed by atoms with Crippen LogP contribution in [0.4, 0.5) is 5.00 Å². The summed E-state index contributed by atoms with van der Waals surface area (Å²) in [5.41, 5.74) is 1.07. The lowest BCUT2D eigenvalue weighted by molar-refractivity contribution is -0.138. The van der Waals surface area contributed by atoms with E-state index in [4.69, 9.17) is 9.47 Å². The minimum Gasteiger partial charge on any atom is -0.452 e. The van der Waals surface area contributed by atoms with Gasteiger partial charge in [-0.1, -0.05) is 0 Å². The average molecular weight is 340 g/mol. The number of carbonyl (C=O) groups is 3. The third kappa shape index (κ3) is 4.29. The van der Waals surface area contributed by atoms with Crippen LogP contribution in [0, 0.1) is 13.8 Å². The maximum atomic E-state index is 12.3. The lowest BCUT2D eigenvalue weighted by Gasteiger charge is -2.26. The van der Waals surface area contributed by atoms with Crippen molar-refractivity contribution in [2.24, 2.45) is 0 Å². The molecule has 1 fully saturated rings. The zero-order valence-corrected chi connectivity index (χ0v) is 14.2. The van der Waals surface area contributed by atoms with E-state index in [1.54, 1.807) is 11.8 Å². The summed E-state index contributed by atoms with van der Waals surface area (Å²) in [4.78, 5) is 38.1. The lowest BCUT2D eigenvalue weighted by atomic mass is 10.1. The number of esters is 1. The van der Waals surface area contributed by atoms with E-state index in [0.29, 0.717) is 36.9 Å². The summed E-state index contributed by atoms with van der Waals surface area (Å²) in [6.45, 7) is 6.71. The number of morpholine rings is 1. The van der Waals surface area contributed by atoms with Crippen LogP contribution in [0.2, 0.25) is 0 Å². The first-order chi connectivity index (χ1) is 10.9. The van der Waals surface area contributed by atoms with Gasteiger partial charge in [-0.2, -0.15) is 0 Å². The highest BCUT2D eigenvalue weighted by Gasteiger charge is 2.24. The molecule has 0 radical (unpaired) electrons. The molecule has 23 heavy (non-hydrogen) atoms. The Morgan fingerprint density at radius 1 is 1.26 bits per heavy atom. The van der Waals surface area contributed by atoms with Gasteiger partial charge in [0.25, 0.3) is 5.91 Å². The molecule has 0 saturated carbocycles. The minimum absolute atomic E-state index is 0.243. The molecule has 1 saturated heterocycles. The number of nitrogens with zero attached hydrogens (tertiary/aromatic N) is 1. The Hall–Kier alpha value is -1.93. The van der Waals surface area contributed by atoms with Gasteiger partial charge >= 0.3 is 5.97 Å². The predicted octanol–water partition coefficient (Wildman–Crippen LogP) is 1.34. The summed E-state index contributed by atoms with van der Waals surface area (Å²) >= 11 is 1.32. The fourth-order valence-electron chi connectivity index (χ4n) is 2.22. The molecule has 1 aromatic heterocycles. The van der Waals surface area contributed by atoms with E-state index in [9.17, 15) is 14.4 Å². The number of amides is 2. The van der Waals surface area contributed by atoms with E-state index in [0.717, 1.165) is 10.4 Å². The Balaban J connectivity index is 2.02. The SMILES string of the molecule is CC(=O)Nc1sc(C)c(C)c1C(=O)OCC(=O)N1CCOCC1. The van der Waals surface area contributed by atoms with Gasteiger partial charge in [-0.25, -0.2) is 4.79 Å². The van der Waals surface area contributed by atoms with Gasteiger partial charge in [0.2, 0.25) is 5.91 Å². The first kappa shape index (κ1) is 17.4. The number of aryl methyl sites for hydroxylation is 1. The second kappa shape index (κ2) is 7.56. The van der Waals surface area contributed by atoms with Crippen molar-refractivity contribution in [2.45, 2.75) is 20.8 Å². The number of nitrogens with one attached hydrogen (secondary N) is 1. The number of carbonyl (C=O) groups excluding carboxylic acids is 3. The van der Waals surface area contributed by atoms with Crippen LogP contribution in [-0.4, -0.2) is 55.6 Å². The Labute approximate surface area is 138 Å². The molecular formula is C15H20N2O5S. The summed E-state index contributed by atoms with van der Waals surface area (Å²) in [5, 5.41) is 3.09. The number of ether oxygens (including phenoxy) is 2. The van der Waals surface area contributed by atoms with E-state index < -0.39 is 5.97 Å². The van der Waals surface area contributed by atoms with E-state index in [1.807, 2.05) is 6.92 Å². The van der Waals surface area contributed by atoms with Gasteiger partial charge in [-0.3, -0.25) is 9.59 Å². The highest BCUT2D eigenvalue weighted by Crippen LogP contribution is 2.32. The van der Waals surface area contributed by atoms with E-state index in [-0.39, 0.29) is 18.4 Å². The monoisotopic (exact) mass is 340 g/mol. The molecular weight excluding hydrogens is 320 g/mol. The topological polar surface area (TPSA) is 84.9 Å². The molecule has 2 heterocycles. The second-order valence-electron chi connectivity index (χ2n) is 5.24. The van der Waals surface area contributed by atoms with Crippen molar-refractivity contribution in [3.63, 3.8) is 0 Å². The predicted molar refractivity (Wildman–Crippen MR) is 85.8 cm³/mol. The smallest absolute Gasteiger partial charge is 0.341 e. The normalized spacial score (nSPS) is 14.5. The van der Waals surface area contributed by atoms with Crippen LogP contribution in [0.25, 0.3) is 0 Å². The average Bonchev–Trinajstić information content (AvgIpc) is 2.79. The highest BCUT2D eigenvalue weighted by molar-refractivity contribution is 7.16. The first-order valence-corrected chi connectivity index (χ1v) is 8.12.